The number of hydrogen-bond acceptors (Lipinski definition) is 2. The molecule has 0 bridgehead atoms. The number of aryl methyl sites for hydroxylation is 1. The Balaban J connectivity index is 2.20. The summed E-state index contributed by atoms with van der Waals surface area (Å²) in [6.45, 7) is 8.66. The second-order valence-corrected chi connectivity index (χ2v) is 6.73. The molecular weight excluding hydrogens is 282 g/mol. The van der Waals surface area contributed by atoms with Crippen LogP contribution in [0.1, 0.15) is 50.7 Å². The Kier molecular flexibility index (Phi) is 5.70. The van der Waals surface area contributed by atoms with Gasteiger partial charge in [0.1, 0.15) is 0 Å². The third-order valence-corrected chi connectivity index (χ3v) is 5.55. The van der Waals surface area contributed by atoms with Gasteiger partial charge in [0, 0.05) is 17.0 Å². The first kappa shape index (κ1) is 16.8. The molecule has 3 heteroatoms. The molecule has 1 fully saturated rings. The van der Waals surface area contributed by atoms with E-state index in [2.05, 4.69) is 30.9 Å². The number of aliphatic hydroxyl groups excluding tert-OH is 1. The van der Waals surface area contributed by atoms with Gasteiger partial charge in [0.2, 0.25) is 0 Å². The maximum Gasteiger partial charge on any atom is 0.0764 e. The summed E-state index contributed by atoms with van der Waals surface area (Å²) in [4.78, 5) is 2.50. The molecule has 1 aromatic rings. The van der Waals surface area contributed by atoms with E-state index in [1.807, 2.05) is 13.0 Å². The number of likely N-dealkylation sites (tertiary alicyclic amines) is 1. The molecule has 0 amide bonds. The largest absolute Gasteiger partial charge is 0.391 e. The van der Waals surface area contributed by atoms with E-state index in [0.717, 1.165) is 42.1 Å². The number of halogens is 1. The molecule has 0 spiro atoms. The number of benzene rings is 1. The van der Waals surface area contributed by atoms with Crippen LogP contribution in [-0.4, -0.2) is 34.7 Å². The maximum atomic E-state index is 11.0. The van der Waals surface area contributed by atoms with Gasteiger partial charge >= 0.3 is 0 Å². The van der Waals surface area contributed by atoms with Gasteiger partial charge in [-0.05, 0) is 62.9 Å². The normalized spacial score (nSPS) is 18.1. The van der Waals surface area contributed by atoms with Gasteiger partial charge in [-0.1, -0.05) is 37.6 Å². The van der Waals surface area contributed by atoms with Crippen LogP contribution in [0.2, 0.25) is 5.02 Å². The van der Waals surface area contributed by atoms with Crippen molar-refractivity contribution in [2.75, 3.05) is 13.1 Å². The van der Waals surface area contributed by atoms with E-state index in [9.17, 15) is 5.11 Å². The fraction of sp³-hybridized carbons (Fsp3) is 0.667. The minimum absolute atomic E-state index is 0.106. The Bertz CT molecular complexity index is 464. The first-order valence-corrected chi connectivity index (χ1v) is 8.59. The molecule has 1 aromatic carbocycles. The lowest BCUT2D eigenvalue weighted by Crippen LogP contribution is -2.55. The van der Waals surface area contributed by atoms with Crippen molar-refractivity contribution in [2.45, 2.75) is 64.5 Å². The summed E-state index contributed by atoms with van der Waals surface area (Å²) in [7, 11) is 0. The van der Waals surface area contributed by atoms with Crippen molar-refractivity contribution in [2.24, 2.45) is 0 Å². The van der Waals surface area contributed by atoms with Crippen LogP contribution < -0.4 is 0 Å². The Hall–Kier alpha value is -0.570. The highest BCUT2D eigenvalue weighted by atomic mass is 35.5. The van der Waals surface area contributed by atoms with Gasteiger partial charge in [0.05, 0.1) is 6.10 Å². The highest BCUT2D eigenvalue weighted by Gasteiger charge is 2.41. The third kappa shape index (κ3) is 3.44. The first-order chi connectivity index (χ1) is 10.0. The van der Waals surface area contributed by atoms with Crippen LogP contribution in [0.25, 0.3) is 0 Å². The Labute approximate surface area is 134 Å². The molecule has 1 aliphatic rings. The van der Waals surface area contributed by atoms with Gasteiger partial charge in [-0.15, -0.1) is 0 Å². The Morgan fingerprint density at radius 1 is 1.24 bits per heavy atom. The van der Waals surface area contributed by atoms with Crippen molar-refractivity contribution in [3.05, 3.63) is 34.3 Å². The average molecular weight is 310 g/mol. The molecule has 0 saturated carbocycles. The van der Waals surface area contributed by atoms with Gasteiger partial charge < -0.3 is 5.11 Å². The zero-order valence-electron chi connectivity index (χ0n) is 13.5. The van der Waals surface area contributed by atoms with Crippen LogP contribution in [0.15, 0.2) is 18.2 Å². The van der Waals surface area contributed by atoms with Crippen molar-refractivity contribution >= 4 is 11.6 Å². The lowest BCUT2D eigenvalue weighted by Gasteiger charge is -2.44. The van der Waals surface area contributed by atoms with E-state index < -0.39 is 0 Å². The van der Waals surface area contributed by atoms with E-state index in [-0.39, 0.29) is 11.6 Å². The van der Waals surface area contributed by atoms with Crippen LogP contribution in [0.4, 0.5) is 0 Å². The molecule has 21 heavy (non-hydrogen) atoms. The first-order valence-electron chi connectivity index (χ1n) is 8.21. The van der Waals surface area contributed by atoms with Crippen molar-refractivity contribution < 1.29 is 5.11 Å². The Morgan fingerprint density at radius 3 is 2.38 bits per heavy atom. The smallest absolute Gasteiger partial charge is 0.0764 e. The highest BCUT2D eigenvalue weighted by Crippen LogP contribution is 2.34. The number of nitrogens with zero attached hydrogens (tertiary/aromatic N) is 1. The highest BCUT2D eigenvalue weighted by molar-refractivity contribution is 6.31. The maximum absolute atomic E-state index is 11.0. The van der Waals surface area contributed by atoms with Gasteiger partial charge in [-0.2, -0.15) is 0 Å². The molecule has 118 valence electrons. The van der Waals surface area contributed by atoms with Crippen molar-refractivity contribution in [1.82, 2.24) is 4.90 Å². The van der Waals surface area contributed by atoms with E-state index in [1.165, 1.54) is 12.8 Å². The monoisotopic (exact) mass is 309 g/mol. The fourth-order valence-electron chi connectivity index (χ4n) is 3.76. The molecule has 2 nitrogen and oxygen atoms in total. The van der Waals surface area contributed by atoms with Crippen molar-refractivity contribution in [1.29, 1.82) is 0 Å². The molecule has 0 radical (unpaired) electrons. The fourth-order valence-corrected chi connectivity index (χ4v) is 4.07. The Morgan fingerprint density at radius 2 is 1.86 bits per heavy atom. The summed E-state index contributed by atoms with van der Waals surface area (Å²) >= 11 is 6.35. The second kappa shape index (κ2) is 7.13. The molecule has 1 atom stereocenters. The summed E-state index contributed by atoms with van der Waals surface area (Å²) in [6.07, 6.45) is 4.73. The molecule has 1 aliphatic heterocycles. The molecular formula is C18H28ClNO. The van der Waals surface area contributed by atoms with Gasteiger partial charge in [-0.3, -0.25) is 4.90 Å². The summed E-state index contributed by atoms with van der Waals surface area (Å²) in [5.41, 5.74) is 2.11. The third-order valence-electron chi connectivity index (χ3n) is 5.20. The SMILES string of the molecule is CCC(CC)(C(O)Cc1ccc(C)cc1Cl)N1CCCC1. The zero-order chi connectivity index (χ0) is 15.5. The van der Waals surface area contributed by atoms with Crippen LogP contribution >= 0.6 is 11.6 Å². The van der Waals surface area contributed by atoms with E-state index >= 15 is 0 Å². The molecule has 1 heterocycles. The summed E-state index contributed by atoms with van der Waals surface area (Å²) in [5.74, 6) is 0. The zero-order valence-corrected chi connectivity index (χ0v) is 14.3. The van der Waals surface area contributed by atoms with Crippen LogP contribution in [0, 0.1) is 6.92 Å². The molecule has 1 unspecified atom stereocenters. The molecule has 1 N–H and O–H groups in total. The molecule has 0 aliphatic carbocycles. The predicted octanol–water partition coefficient (Wildman–Crippen LogP) is 4.21. The van der Waals surface area contributed by atoms with E-state index in [4.69, 9.17) is 11.6 Å². The summed E-state index contributed by atoms with van der Waals surface area (Å²) in [5, 5.41) is 11.7. The quantitative estimate of drug-likeness (QED) is 0.851. The van der Waals surface area contributed by atoms with Gasteiger partial charge in [0.15, 0.2) is 0 Å². The van der Waals surface area contributed by atoms with Crippen LogP contribution in [-0.2, 0) is 6.42 Å². The predicted molar refractivity (Wildman–Crippen MR) is 90.0 cm³/mol. The standard InChI is InChI=1S/C18H28ClNO/c1-4-18(5-2,20-10-6-7-11-20)17(21)13-15-9-8-14(3)12-16(15)19/h8-9,12,17,21H,4-7,10-11,13H2,1-3H3. The number of hydrogen-bond donors (Lipinski definition) is 1. The molecule has 0 aromatic heterocycles. The average Bonchev–Trinajstić information content (AvgIpc) is 2.99. The van der Waals surface area contributed by atoms with Crippen molar-refractivity contribution in [3.63, 3.8) is 0 Å². The minimum atomic E-state index is -0.370. The minimum Gasteiger partial charge on any atom is -0.391 e. The lowest BCUT2D eigenvalue weighted by atomic mass is 9.81. The molecule has 2 rings (SSSR count). The number of aliphatic hydroxyl groups is 1. The van der Waals surface area contributed by atoms with Gasteiger partial charge in [-0.25, -0.2) is 0 Å². The summed E-state index contributed by atoms with van der Waals surface area (Å²) < 4.78 is 0. The topological polar surface area (TPSA) is 23.5 Å². The summed E-state index contributed by atoms with van der Waals surface area (Å²) in [6, 6.07) is 6.11. The van der Waals surface area contributed by atoms with Crippen LogP contribution in [0.5, 0.6) is 0 Å². The lowest BCUT2D eigenvalue weighted by molar-refractivity contribution is -0.0269. The van der Waals surface area contributed by atoms with Gasteiger partial charge in [0.25, 0.3) is 0 Å². The van der Waals surface area contributed by atoms with Crippen LogP contribution in [0.3, 0.4) is 0 Å². The second-order valence-electron chi connectivity index (χ2n) is 6.32. The number of rotatable bonds is 6. The van der Waals surface area contributed by atoms with Crippen molar-refractivity contribution in [3.8, 4) is 0 Å². The van der Waals surface area contributed by atoms with E-state index in [1.54, 1.807) is 0 Å². The van der Waals surface area contributed by atoms with E-state index in [0.29, 0.717) is 6.42 Å². The molecule has 1 saturated heterocycles.